The summed E-state index contributed by atoms with van der Waals surface area (Å²) in [5.74, 6) is 0.144. The summed E-state index contributed by atoms with van der Waals surface area (Å²) in [5, 5.41) is 0. The highest BCUT2D eigenvalue weighted by molar-refractivity contribution is 5.46. The fourth-order valence-electron chi connectivity index (χ4n) is 1.81. The number of rotatable bonds is 3. The molecule has 3 N–H and O–H groups in total. The first-order valence-electron chi connectivity index (χ1n) is 5.44. The molecular formula is C12H16N4O3. The van der Waals surface area contributed by atoms with Crippen molar-refractivity contribution in [2.24, 2.45) is 0 Å². The molecule has 0 saturated carbocycles. The van der Waals surface area contributed by atoms with Crippen LogP contribution in [0.15, 0.2) is 29.3 Å². The molecule has 0 bridgehead atoms. The Kier molecular flexibility index (Phi) is 4.74. The zero-order valence-electron chi connectivity index (χ0n) is 11.0. The van der Waals surface area contributed by atoms with Crippen molar-refractivity contribution in [1.82, 2.24) is 14.5 Å². The van der Waals surface area contributed by atoms with Gasteiger partial charge in [0.05, 0.1) is 12.8 Å². The van der Waals surface area contributed by atoms with Crippen LogP contribution in [0.5, 0.6) is 0 Å². The maximum Gasteiger partial charge on any atom is 0.356 e. The van der Waals surface area contributed by atoms with Gasteiger partial charge in [-0.25, -0.2) is 15.3 Å². The molecular weight excluding hydrogens is 248 g/mol. The second-order valence-corrected chi connectivity index (χ2v) is 3.88. The van der Waals surface area contributed by atoms with E-state index in [-0.39, 0.29) is 11.4 Å². The summed E-state index contributed by atoms with van der Waals surface area (Å²) in [6.07, 6.45) is 1.44. The SMILES string of the molecule is CONc1ncn(-c2c(C)cccc2C)c(=O)n1.O. The van der Waals surface area contributed by atoms with Gasteiger partial charge in [-0.15, -0.1) is 0 Å². The molecule has 0 radical (unpaired) electrons. The number of aryl methyl sites for hydroxylation is 2. The summed E-state index contributed by atoms with van der Waals surface area (Å²) >= 11 is 0. The molecule has 0 amide bonds. The molecule has 0 unspecified atom stereocenters. The van der Waals surface area contributed by atoms with Crippen LogP contribution >= 0.6 is 0 Å². The average molecular weight is 264 g/mol. The van der Waals surface area contributed by atoms with Crippen LogP contribution in [0.4, 0.5) is 5.95 Å². The normalized spacial score (nSPS) is 9.84. The highest BCUT2D eigenvalue weighted by Crippen LogP contribution is 2.16. The third-order valence-electron chi connectivity index (χ3n) is 2.58. The van der Waals surface area contributed by atoms with Crippen molar-refractivity contribution in [2.45, 2.75) is 13.8 Å². The molecule has 1 aromatic heterocycles. The molecule has 0 atom stereocenters. The lowest BCUT2D eigenvalue weighted by Crippen LogP contribution is -2.24. The Labute approximate surface area is 110 Å². The van der Waals surface area contributed by atoms with Gasteiger partial charge in [-0.1, -0.05) is 18.2 Å². The van der Waals surface area contributed by atoms with Gasteiger partial charge in [-0.2, -0.15) is 4.98 Å². The summed E-state index contributed by atoms with van der Waals surface area (Å²) in [7, 11) is 1.43. The third-order valence-corrected chi connectivity index (χ3v) is 2.58. The lowest BCUT2D eigenvalue weighted by atomic mass is 10.1. The maximum atomic E-state index is 11.9. The number of nitrogens with one attached hydrogen (secondary N) is 1. The molecule has 0 aliphatic carbocycles. The summed E-state index contributed by atoms with van der Waals surface area (Å²) in [6.45, 7) is 3.88. The monoisotopic (exact) mass is 264 g/mol. The zero-order chi connectivity index (χ0) is 13.1. The van der Waals surface area contributed by atoms with E-state index in [4.69, 9.17) is 0 Å². The molecule has 2 rings (SSSR count). The van der Waals surface area contributed by atoms with Crippen LogP contribution in [0, 0.1) is 13.8 Å². The van der Waals surface area contributed by atoms with Crippen molar-refractivity contribution < 1.29 is 10.3 Å². The van der Waals surface area contributed by atoms with E-state index in [1.165, 1.54) is 18.0 Å². The molecule has 0 saturated heterocycles. The van der Waals surface area contributed by atoms with Crippen LogP contribution < -0.4 is 11.2 Å². The van der Waals surface area contributed by atoms with Gasteiger partial charge in [-0.3, -0.25) is 9.40 Å². The number of anilines is 1. The molecule has 1 heterocycles. The van der Waals surface area contributed by atoms with Crippen molar-refractivity contribution >= 4 is 5.95 Å². The predicted molar refractivity (Wildman–Crippen MR) is 71.3 cm³/mol. The van der Waals surface area contributed by atoms with Crippen LogP contribution in [0.1, 0.15) is 11.1 Å². The minimum absolute atomic E-state index is 0. The van der Waals surface area contributed by atoms with Crippen LogP contribution in [-0.4, -0.2) is 27.1 Å². The van der Waals surface area contributed by atoms with Crippen molar-refractivity contribution in [3.63, 3.8) is 0 Å². The summed E-state index contributed by atoms with van der Waals surface area (Å²) in [5.41, 5.74) is 4.82. The predicted octanol–water partition coefficient (Wildman–Crippen LogP) is 0.393. The Morgan fingerprint density at radius 3 is 2.42 bits per heavy atom. The van der Waals surface area contributed by atoms with Crippen molar-refractivity contribution in [1.29, 1.82) is 0 Å². The fourth-order valence-corrected chi connectivity index (χ4v) is 1.81. The molecule has 0 fully saturated rings. The van der Waals surface area contributed by atoms with Crippen molar-refractivity contribution in [2.75, 3.05) is 12.6 Å². The van der Waals surface area contributed by atoms with Gasteiger partial charge in [0, 0.05) is 0 Å². The summed E-state index contributed by atoms with van der Waals surface area (Å²) < 4.78 is 1.42. The van der Waals surface area contributed by atoms with E-state index in [9.17, 15) is 4.79 Å². The van der Waals surface area contributed by atoms with Crippen LogP contribution in [-0.2, 0) is 4.84 Å². The quantitative estimate of drug-likeness (QED) is 0.808. The van der Waals surface area contributed by atoms with Crippen LogP contribution in [0.3, 0.4) is 0 Å². The standard InChI is InChI=1S/C12H14N4O2.H2O/c1-8-5-4-6-9(2)10(8)16-7-13-11(15-18-3)14-12(16)17;/h4-7H,1-3H3,(H,14,15,17);1H2. The van der Waals surface area contributed by atoms with Gasteiger partial charge < -0.3 is 5.48 Å². The number of nitrogens with zero attached hydrogens (tertiary/aromatic N) is 3. The van der Waals surface area contributed by atoms with E-state index in [2.05, 4.69) is 20.3 Å². The Morgan fingerprint density at radius 2 is 1.89 bits per heavy atom. The Hall–Kier alpha value is -2.25. The van der Waals surface area contributed by atoms with E-state index >= 15 is 0 Å². The fraction of sp³-hybridized carbons (Fsp3) is 0.250. The van der Waals surface area contributed by atoms with Gasteiger partial charge in [-0.05, 0) is 25.0 Å². The zero-order valence-corrected chi connectivity index (χ0v) is 11.0. The Morgan fingerprint density at radius 1 is 1.26 bits per heavy atom. The van der Waals surface area contributed by atoms with Crippen molar-refractivity contribution in [3.8, 4) is 5.69 Å². The Bertz CT molecular complexity index is 604. The van der Waals surface area contributed by atoms with E-state index in [0.29, 0.717) is 0 Å². The van der Waals surface area contributed by atoms with Crippen LogP contribution in [0.2, 0.25) is 0 Å². The number of hydrogen-bond donors (Lipinski definition) is 1. The number of aromatic nitrogens is 3. The highest BCUT2D eigenvalue weighted by Gasteiger charge is 2.08. The molecule has 0 aliphatic rings. The maximum absolute atomic E-state index is 11.9. The number of benzene rings is 1. The Balaban J connectivity index is 0.00000180. The number of para-hydroxylation sites is 1. The molecule has 7 heteroatoms. The molecule has 0 aliphatic heterocycles. The first kappa shape index (κ1) is 14.8. The van der Waals surface area contributed by atoms with Gasteiger partial charge >= 0.3 is 5.69 Å². The molecule has 7 nitrogen and oxygen atoms in total. The summed E-state index contributed by atoms with van der Waals surface area (Å²) in [6, 6.07) is 5.83. The molecule has 102 valence electrons. The largest absolute Gasteiger partial charge is 0.412 e. The van der Waals surface area contributed by atoms with Gasteiger partial charge in [0.2, 0.25) is 0 Å². The van der Waals surface area contributed by atoms with E-state index < -0.39 is 5.69 Å². The third kappa shape index (κ3) is 2.95. The average Bonchev–Trinajstić information content (AvgIpc) is 2.32. The van der Waals surface area contributed by atoms with Gasteiger partial charge in [0.25, 0.3) is 5.95 Å². The number of hydrogen-bond acceptors (Lipinski definition) is 5. The molecule has 0 spiro atoms. The van der Waals surface area contributed by atoms with Crippen molar-refractivity contribution in [3.05, 3.63) is 46.1 Å². The van der Waals surface area contributed by atoms with Gasteiger partial charge in [0.1, 0.15) is 6.33 Å². The molecule has 19 heavy (non-hydrogen) atoms. The molecule has 2 aromatic rings. The highest BCUT2D eigenvalue weighted by atomic mass is 16.6. The topological polar surface area (TPSA) is 101 Å². The van der Waals surface area contributed by atoms with E-state index in [1.807, 2.05) is 32.0 Å². The second-order valence-electron chi connectivity index (χ2n) is 3.88. The minimum atomic E-state index is -0.401. The van der Waals surface area contributed by atoms with Gasteiger partial charge in [0.15, 0.2) is 0 Å². The van der Waals surface area contributed by atoms with E-state index in [0.717, 1.165) is 16.8 Å². The smallest absolute Gasteiger partial charge is 0.356 e. The second kappa shape index (κ2) is 6.07. The lowest BCUT2D eigenvalue weighted by Gasteiger charge is -2.11. The first-order chi connectivity index (χ1) is 8.63. The van der Waals surface area contributed by atoms with E-state index in [1.54, 1.807) is 0 Å². The van der Waals surface area contributed by atoms with Crippen LogP contribution in [0.25, 0.3) is 5.69 Å². The molecule has 1 aromatic carbocycles. The first-order valence-corrected chi connectivity index (χ1v) is 5.44. The summed E-state index contributed by atoms with van der Waals surface area (Å²) in [4.78, 5) is 24.4. The minimum Gasteiger partial charge on any atom is -0.412 e. The lowest BCUT2D eigenvalue weighted by molar-refractivity contribution is 0.266.